The van der Waals surface area contributed by atoms with Gasteiger partial charge in [-0.3, -0.25) is 4.79 Å². The average Bonchev–Trinajstić information content (AvgIpc) is 2.28. The van der Waals surface area contributed by atoms with Crippen LogP contribution in [0.15, 0.2) is 0 Å². The van der Waals surface area contributed by atoms with Crippen molar-refractivity contribution in [3.63, 3.8) is 0 Å². The van der Waals surface area contributed by atoms with Crippen LogP contribution in [-0.2, 0) is 9.53 Å². The van der Waals surface area contributed by atoms with Crippen LogP contribution in [0.25, 0.3) is 0 Å². The van der Waals surface area contributed by atoms with E-state index in [2.05, 4.69) is 20.8 Å². The molecule has 3 nitrogen and oxygen atoms in total. The first-order valence-corrected chi connectivity index (χ1v) is 7.87. The number of rotatable bonds is 8. The predicted molar refractivity (Wildman–Crippen MR) is 85.8 cm³/mol. The zero-order chi connectivity index (χ0) is 15.8. The van der Waals surface area contributed by atoms with Crippen LogP contribution in [0.4, 0.5) is 0 Å². The fraction of sp³-hybridized carbons (Fsp3) is 0.941. The van der Waals surface area contributed by atoms with Crippen molar-refractivity contribution in [2.75, 3.05) is 26.8 Å². The molecule has 0 N–H and O–H groups in total. The molecule has 0 spiro atoms. The Kier molecular flexibility index (Phi) is 8.41. The molecule has 0 saturated heterocycles. The summed E-state index contributed by atoms with van der Waals surface area (Å²) in [5.74, 6) is 0.172. The Morgan fingerprint density at radius 3 is 2.05 bits per heavy atom. The lowest BCUT2D eigenvalue weighted by Crippen LogP contribution is -2.38. The zero-order valence-corrected chi connectivity index (χ0v) is 14.7. The van der Waals surface area contributed by atoms with Crippen LogP contribution >= 0.6 is 0 Å². The third-order valence-corrected chi connectivity index (χ3v) is 3.27. The molecule has 3 heteroatoms. The number of carbonyl (C=O) groups is 1. The lowest BCUT2D eigenvalue weighted by atomic mass is 9.89. The molecule has 0 aromatic carbocycles. The SMILES string of the molecule is CN(CCOCCCCCC(C)(C)C)C(=O)C(C)(C)C. The third kappa shape index (κ3) is 10.2. The van der Waals surface area contributed by atoms with Gasteiger partial charge in [-0.05, 0) is 18.3 Å². The molecule has 0 saturated carbocycles. The second-order valence-electron chi connectivity index (χ2n) is 7.96. The summed E-state index contributed by atoms with van der Waals surface area (Å²) in [5, 5.41) is 0. The number of likely N-dealkylation sites (N-methyl/N-ethyl adjacent to an activating group) is 1. The van der Waals surface area contributed by atoms with Crippen molar-refractivity contribution in [3.05, 3.63) is 0 Å². The van der Waals surface area contributed by atoms with Crippen molar-refractivity contribution in [1.82, 2.24) is 4.90 Å². The number of hydrogen-bond donors (Lipinski definition) is 0. The number of amides is 1. The fourth-order valence-electron chi connectivity index (χ4n) is 2.01. The summed E-state index contributed by atoms with van der Waals surface area (Å²) in [6.45, 7) is 14.8. The summed E-state index contributed by atoms with van der Waals surface area (Å²) < 4.78 is 5.61. The largest absolute Gasteiger partial charge is 0.380 e. The number of carbonyl (C=O) groups excluding carboxylic acids is 1. The van der Waals surface area contributed by atoms with E-state index in [1.165, 1.54) is 19.3 Å². The molecule has 120 valence electrons. The second kappa shape index (κ2) is 8.66. The van der Waals surface area contributed by atoms with Gasteiger partial charge in [0.2, 0.25) is 5.91 Å². The number of nitrogens with zero attached hydrogens (tertiary/aromatic N) is 1. The predicted octanol–water partition coefficient (Wildman–Crippen LogP) is 4.11. The maximum Gasteiger partial charge on any atom is 0.227 e. The molecule has 0 aliphatic rings. The molecule has 0 aliphatic carbocycles. The van der Waals surface area contributed by atoms with Gasteiger partial charge in [-0.15, -0.1) is 0 Å². The van der Waals surface area contributed by atoms with E-state index < -0.39 is 0 Å². The van der Waals surface area contributed by atoms with E-state index in [1.807, 2.05) is 27.8 Å². The van der Waals surface area contributed by atoms with Crippen LogP contribution in [0, 0.1) is 10.8 Å². The zero-order valence-electron chi connectivity index (χ0n) is 14.7. The highest BCUT2D eigenvalue weighted by Crippen LogP contribution is 2.21. The van der Waals surface area contributed by atoms with E-state index in [0.717, 1.165) is 13.0 Å². The molecule has 20 heavy (non-hydrogen) atoms. The van der Waals surface area contributed by atoms with Gasteiger partial charge in [0.25, 0.3) is 0 Å². The second-order valence-corrected chi connectivity index (χ2v) is 7.96. The van der Waals surface area contributed by atoms with Crippen LogP contribution < -0.4 is 0 Å². The maximum absolute atomic E-state index is 11.9. The molecule has 0 fully saturated rings. The first kappa shape index (κ1) is 19.4. The van der Waals surface area contributed by atoms with Gasteiger partial charge in [-0.25, -0.2) is 0 Å². The summed E-state index contributed by atoms with van der Waals surface area (Å²) >= 11 is 0. The highest BCUT2D eigenvalue weighted by Gasteiger charge is 2.24. The minimum atomic E-state index is -0.304. The molecular weight excluding hydrogens is 250 g/mol. The summed E-state index contributed by atoms with van der Waals surface area (Å²) in [5.41, 5.74) is 0.137. The quantitative estimate of drug-likeness (QED) is 0.628. The Hall–Kier alpha value is -0.570. The van der Waals surface area contributed by atoms with Crippen molar-refractivity contribution in [2.45, 2.75) is 67.2 Å². The Balaban J connectivity index is 3.52. The summed E-state index contributed by atoms with van der Waals surface area (Å²) in [4.78, 5) is 13.7. The monoisotopic (exact) mass is 285 g/mol. The fourth-order valence-corrected chi connectivity index (χ4v) is 2.01. The van der Waals surface area contributed by atoms with Crippen molar-refractivity contribution >= 4 is 5.91 Å². The van der Waals surface area contributed by atoms with E-state index in [1.54, 1.807) is 4.90 Å². The maximum atomic E-state index is 11.9. The van der Waals surface area contributed by atoms with Crippen LogP contribution in [-0.4, -0.2) is 37.6 Å². The van der Waals surface area contributed by atoms with Crippen molar-refractivity contribution in [2.24, 2.45) is 10.8 Å². The summed E-state index contributed by atoms with van der Waals surface area (Å²) in [7, 11) is 1.85. The van der Waals surface area contributed by atoms with E-state index in [0.29, 0.717) is 18.6 Å². The molecule has 0 bridgehead atoms. The third-order valence-electron chi connectivity index (χ3n) is 3.27. The van der Waals surface area contributed by atoms with Gasteiger partial charge in [-0.1, -0.05) is 54.4 Å². The molecular formula is C17H35NO2. The van der Waals surface area contributed by atoms with Crippen LogP contribution in [0.1, 0.15) is 67.2 Å². The minimum absolute atomic E-state index is 0.172. The number of hydrogen-bond acceptors (Lipinski definition) is 2. The first-order valence-electron chi connectivity index (χ1n) is 7.87. The Morgan fingerprint density at radius 2 is 1.55 bits per heavy atom. The molecule has 0 unspecified atom stereocenters. The standard InChI is InChI=1S/C17H35NO2/c1-16(2,3)11-9-8-10-13-20-14-12-18(7)15(19)17(4,5)6/h8-14H2,1-7H3. The van der Waals surface area contributed by atoms with E-state index >= 15 is 0 Å². The van der Waals surface area contributed by atoms with Crippen molar-refractivity contribution in [3.8, 4) is 0 Å². The minimum Gasteiger partial charge on any atom is -0.380 e. The van der Waals surface area contributed by atoms with E-state index in [4.69, 9.17) is 4.74 Å². The van der Waals surface area contributed by atoms with Gasteiger partial charge in [-0.2, -0.15) is 0 Å². The smallest absolute Gasteiger partial charge is 0.227 e. The molecule has 1 amide bonds. The van der Waals surface area contributed by atoms with Crippen molar-refractivity contribution < 1.29 is 9.53 Å². The molecule has 0 atom stereocenters. The number of unbranched alkanes of at least 4 members (excludes halogenated alkanes) is 2. The van der Waals surface area contributed by atoms with Gasteiger partial charge in [0.1, 0.15) is 0 Å². The van der Waals surface area contributed by atoms with Crippen LogP contribution in [0.3, 0.4) is 0 Å². The van der Waals surface area contributed by atoms with Gasteiger partial charge in [0, 0.05) is 25.6 Å². The average molecular weight is 285 g/mol. The summed E-state index contributed by atoms with van der Waals surface area (Å²) in [6, 6.07) is 0. The van der Waals surface area contributed by atoms with E-state index in [-0.39, 0.29) is 11.3 Å². The Morgan fingerprint density at radius 1 is 0.950 bits per heavy atom. The van der Waals surface area contributed by atoms with Gasteiger partial charge < -0.3 is 9.64 Å². The lowest BCUT2D eigenvalue weighted by molar-refractivity contribution is -0.138. The highest BCUT2D eigenvalue weighted by atomic mass is 16.5. The lowest BCUT2D eigenvalue weighted by Gasteiger charge is -2.25. The van der Waals surface area contributed by atoms with Crippen LogP contribution in [0.2, 0.25) is 0 Å². The van der Waals surface area contributed by atoms with Gasteiger partial charge in [0.15, 0.2) is 0 Å². The Bertz CT molecular complexity index is 274. The molecule has 0 aliphatic heterocycles. The van der Waals surface area contributed by atoms with Gasteiger partial charge in [0.05, 0.1) is 6.61 Å². The van der Waals surface area contributed by atoms with E-state index in [9.17, 15) is 4.79 Å². The Labute approximate surface area is 126 Å². The molecule has 0 heterocycles. The normalized spacial score (nSPS) is 12.6. The number of ether oxygens (including phenoxy) is 1. The van der Waals surface area contributed by atoms with Crippen molar-refractivity contribution in [1.29, 1.82) is 0 Å². The molecule has 0 aromatic heterocycles. The molecule has 0 radical (unpaired) electrons. The topological polar surface area (TPSA) is 29.5 Å². The van der Waals surface area contributed by atoms with Crippen LogP contribution in [0.5, 0.6) is 0 Å². The molecule has 0 rings (SSSR count). The molecule has 0 aromatic rings. The first-order chi connectivity index (χ1) is 9.04. The van der Waals surface area contributed by atoms with Gasteiger partial charge >= 0.3 is 0 Å². The highest BCUT2D eigenvalue weighted by molar-refractivity contribution is 5.81. The summed E-state index contributed by atoms with van der Waals surface area (Å²) in [6.07, 6.45) is 4.89.